The first kappa shape index (κ1) is 13.6. The predicted molar refractivity (Wildman–Crippen MR) is 78.2 cm³/mol. The predicted octanol–water partition coefficient (Wildman–Crippen LogP) is 3.79. The van der Waals surface area contributed by atoms with Crippen LogP contribution in [0.15, 0.2) is 41.1 Å². The van der Waals surface area contributed by atoms with E-state index in [1.807, 2.05) is 6.20 Å². The van der Waals surface area contributed by atoms with E-state index in [2.05, 4.69) is 45.0 Å². The summed E-state index contributed by atoms with van der Waals surface area (Å²) in [7, 11) is 0. The SMILES string of the molecule is CCn1ccc(CNc2ccc([N+](=O)[O-])c(Br)c2)c1. The van der Waals surface area contributed by atoms with Crippen LogP contribution in [0.5, 0.6) is 0 Å². The van der Waals surface area contributed by atoms with E-state index in [9.17, 15) is 10.1 Å². The Morgan fingerprint density at radius 2 is 2.21 bits per heavy atom. The Hall–Kier alpha value is -1.82. The van der Waals surface area contributed by atoms with Gasteiger partial charge in [0, 0.05) is 37.2 Å². The van der Waals surface area contributed by atoms with Crippen LogP contribution < -0.4 is 5.32 Å². The molecule has 0 radical (unpaired) electrons. The molecule has 0 saturated heterocycles. The summed E-state index contributed by atoms with van der Waals surface area (Å²) in [5, 5.41) is 13.9. The Bertz CT molecular complexity index is 595. The average Bonchev–Trinajstić information content (AvgIpc) is 2.84. The number of aryl methyl sites for hydroxylation is 1. The van der Waals surface area contributed by atoms with Crippen LogP contribution in [0.1, 0.15) is 12.5 Å². The van der Waals surface area contributed by atoms with E-state index in [4.69, 9.17) is 0 Å². The number of rotatable bonds is 5. The maximum Gasteiger partial charge on any atom is 0.283 e. The maximum absolute atomic E-state index is 10.7. The van der Waals surface area contributed by atoms with E-state index in [1.54, 1.807) is 12.1 Å². The van der Waals surface area contributed by atoms with Crippen LogP contribution >= 0.6 is 15.9 Å². The third kappa shape index (κ3) is 3.35. The van der Waals surface area contributed by atoms with Crippen molar-refractivity contribution in [3.05, 3.63) is 56.8 Å². The molecule has 1 aromatic heterocycles. The van der Waals surface area contributed by atoms with Gasteiger partial charge in [-0.05, 0) is 46.6 Å². The van der Waals surface area contributed by atoms with Crippen LogP contribution in [0.4, 0.5) is 11.4 Å². The lowest BCUT2D eigenvalue weighted by atomic mass is 10.2. The van der Waals surface area contributed by atoms with Crippen molar-refractivity contribution < 1.29 is 4.92 Å². The van der Waals surface area contributed by atoms with Crippen LogP contribution in [-0.4, -0.2) is 9.49 Å². The number of halogens is 1. The highest BCUT2D eigenvalue weighted by Crippen LogP contribution is 2.27. The molecule has 100 valence electrons. The summed E-state index contributed by atoms with van der Waals surface area (Å²) in [6, 6.07) is 6.97. The molecule has 0 aliphatic heterocycles. The molecule has 0 saturated carbocycles. The van der Waals surface area contributed by atoms with E-state index in [0.29, 0.717) is 11.0 Å². The monoisotopic (exact) mass is 323 g/mol. The Kier molecular flexibility index (Phi) is 4.21. The highest BCUT2D eigenvalue weighted by Gasteiger charge is 2.11. The summed E-state index contributed by atoms with van der Waals surface area (Å²) in [6.07, 6.45) is 4.11. The van der Waals surface area contributed by atoms with E-state index < -0.39 is 4.92 Å². The van der Waals surface area contributed by atoms with Gasteiger partial charge in [-0.1, -0.05) is 0 Å². The third-order valence-electron chi connectivity index (χ3n) is 2.82. The standard InChI is InChI=1S/C13H14BrN3O2/c1-2-16-6-5-10(9-16)8-15-11-3-4-13(17(18)19)12(14)7-11/h3-7,9,15H,2,8H2,1H3. The highest BCUT2D eigenvalue weighted by molar-refractivity contribution is 9.10. The van der Waals surface area contributed by atoms with Gasteiger partial charge in [0.1, 0.15) is 0 Å². The van der Waals surface area contributed by atoms with Gasteiger partial charge in [0.25, 0.3) is 5.69 Å². The molecule has 1 aromatic carbocycles. The minimum absolute atomic E-state index is 0.0719. The summed E-state index contributed by atoms with van der Waals surface area (Å²) >= 11 is 3.20. The van der Waals surface area contributed by atoms with Crippen molar-refractivity contribution in [3.8, 4) is 0 Å². The smallest absolute Gasteiger partial charge is 0.283 e. The number of nitro benzene ring substituents is 1. The quantitative estimate of drug-likeness (QED) is 0.672. The largest absolute Gasteiger partial charge is 0.381 e. The number of nitro groups is 1. The summed E-state index contributed by atoms with van der Waals surface area (Å²) in [5.41, 5.74) is 2.10. The molecule has 6 heteroatoms. The first-order valence-electron chi connectivity index (χ1n) is 5.92. The average molecular weight is 324 g/mol. The summed E-state index contributed by atoms with van der Waals surface area (Å²) in [6.45, 7) is 3.73. The molecular weight excluding hydrogens is 310 g/mol. The molecule has 19 heavy (non-hydrogen) atoms. The first-order chi connectivity index (χ1) is 9.10. The molecule has 5 nitrogen and oxygen atoms in total. The number of nitrogens with one attached hydrogen (secondary N) is 1. The molecule has 0 bridgehead atoms. The van der Waals surface area contributed by atoms with Crippen molar-refractivity contribution in [1.82, 2.24) is 4.57 Å². The van der Waals surface area contributed by atoms with Gasteiger partial charge in [-0.2, -0.15) is 0 Å². The van der Waals surface area contributed by atoms with Gasteiger partial charge < -0.3 is 9.88 Å². The highest BCUT2D eigenvalue weighted by atomic mass is 79.9. The normalized spacial score (nSPS) is 10.4. The maximum atomic E-state index is 10.7. The third-order valence-corrected chi connectivity index (χ3v) is 3.45. The van der Waals surface area contributed by atoms with Crippen molar-refractivity contribution in [3.63, 3.8) is 0 Å². The zero-order valence-corrected chi connectivity index (χ0v) is 12.1. The molecular formula is C13H14BrN3O2. The van der Waals surface area contributed by atoms with E-state index in [1.165, 1.54) is 11.6 Å². The lowest BCUT2D eigenvalue weighted by molar-refractivity contribution is -0.385. The number of nitrogens with zero attached hydrogens (tertiary/aromatic N) is 2. The number of benzene rings is 1. The van der Waals surface area contributed by atoms with Crippen LogP contribution in [0, 0.1) is 10.1 Å². The number of anilines is 1. The minimum Gasteiger partial charge on any atom is -0.381 e. The summed E-state index contributed by atoms with van der Waals surface area (Å²) < 4.78 is 2.58. The lowest BCUT2D eigenvalue weighted by Gasteiger charge is -2.05. The lowest BCUT2D eigenvalue weighted by Crippen LogP contribution is -1.99. The van der Waals surface area contributed by atoms with E-state index in [0.717, 1.165) is 12.2 Å². The molecule has 1 heterocycles. The molecule has 0 spiro atoms. The number of hydrogen-bond donors (Lipinski definition) is 1. The van der Waals surface area contributed by atoms with Gasteiger partial charge in [-0.3, -0.25) is 10.1 Å². The Morgan fingerprint density at radius 1 is 1.42 bits per heavy atom. The van der Waals surface area contributed by atoms with Crippen LogP contribution in [0.25, 0.3) is 0 Å². The van der Waals surface area contributed by atoms with Crippen LogP contribution in [-0.2, 0) is 13.1 Å². The van der Waals surface area contributed by atoms with Crippen molar-refractivity contribution in [2.24, 2.45) is 0 Å². The zero-order chi connectivity index (χ0) is 13.8. The Labute approximate surface area is 119 Å². The second kappa shape index (κ2) is 5.88. The molecule has 0 fully saturated rings. The number of aromatic nitrogens is 1. The zero-order valence-electron chi connectivity index (χ0n) is 10.5. The van der Waals surface area contributed by atoms with Crippen molar-refractivity contribution >= 4 is 27.3 Å². The van der Waals surface area contributed by atoms with Gasteiger partial charge in [0.2, 0.25) is 0 Å². The molecule has 0 amide bonds. The van der Waals surface area contributed by atoms with Crippen molar-refractivity contribution in [1.29, 1.82) is 0 Å². The topological polar surface area (TPSA) is 60.1 Å². The van der Waals surface area contributed by atoms with Crippen molar-refractivity contribution in [2.75, 3.05) is 5.32 Å². The molecule has 0 unspecified atom stereocenters. The molecule has 2 aromatic rings. The second-order valence-corrected chi connectivity index (χ2v) is 4.98. The second-order valence-electron chi connectivity index (χ2n) is 4.13. The van der Waals surface area contributed by atoms with Gasteiger partial charge in [-0.25, -0.2) is 0 Å². The summed E-state index contributed by atoms with van der Waals surface area (Å²) in [5.74, 6) is 0. The molecule has 2 rings (SSSR count). The Morgan fingerprint density at radius 3 is 2.79 bits per heavy atom. The molecule has 1 N–H and O–H groups in total. The van der Waals surface area contributed by atoms with Crippen LogP contribution in [0.3, 0.4) is 0 Å². The van der Waals surface area contributed by atoms with Gasteiger partial charge in [0.15, 0.2) is 0 Å². The fourth-order valence-electron chi connectivity index (χ4n) is 1.76. The van der Waals surface area contributed by atoms with E-state index >= 15 is 0 Å². The molecule has 0 aliphatic rings. The van der Waals surface area contributed by atoms with Gasteiger partial charge >= 0.3 is 0 Å². The Balaban J connectivity index is 2.03. The fourth-order valence-corrected chi connectivity index (χ4v) is 2.28. The van der Waals surface area contributed by atoms with Crippen LogP contribution in [0.2, 0.25) is 0 Å². The number of hydrogen-bond acceptors (Lipinski definition) is 3. The van der Waals surface area contributed by atoms with Crippen molar-refractivity contribution in [2.45, 2.75) is 20.0 Å². The van der Waals surface area contributed by atoms with Gasteiger partial charge in [-0.15, -0.1) is 0 Å². The fraction of sp³-hybridized carbons (Fsp3) is 0.231. The van der Waals surface area contributed by atoms with Gasteiger partial charge in [0.05, 0.1) is 9.40 Å². The minimum atomic E-state index is -0.408. The van der Waals surface area contributed by atoms with E-state index in [-0.39, 0.29) is 5.69 Å². The summed E-state index contributed by atoms with van der Waals surface area (Å²) in [4.78, 5) is 10.3. The molecule has 0 atom stereocenters. The molecule has 0 aliphatic carbocycles. The first-order valence-corrected chi connectivity index (χ1v) is 6.72.